The molecule has 0 bridgehead atoms. The fraction of sp³-hybridized carbons (Fsp3) is 0.759. The van der Waals surface area contributed by atoms with Gasteiger partial charge in [0.25, 0.3) is 0 Å². The van der Waals surface area contributed by atoms with Crippen LogP contribution in [-0.2, 0) is 0 Å². The lowest BCUT2D eigenvalue weighted by atomic mass is 9.60. The molecule has 3 unspecified atom stereocenters. The lowest BCUT2D eigenvalue weighted by molar-refractivity contribution is 0.0930. The van der Waals surface area contributed by atoms with Crippen LogP contribution < -0.4 is 0 Å². The molecule has 7 atom stereocenters. The van der Waals surface area contributed by atoms with Gasteiger partial charge in [-0.05, 0) is 106 Å². The summed E-state index contributed by atoms with van der Waals surface area (Å²) in [5, 5.41) is 0. The maximum Gasteiger partial charge on any atom is 0 e. The summed E-state index contributed by atoms with van der Waals surface area (Å²) in [4.78, 5) is 0. The summed E-state index contributed by atoms with van der Waals surface area (Å²) >= 11 is 0. The third-order valence-electron chi connectivity index (χ3n) is 9.15. The molecule has 0 spiro atoms. The van der Waals surface area contributed by atoms with Gasteiger partial charge in [0.2, 0.25) is 0 Å². The lowest BCUT2D eigenvalue weighted by Gasteiger charge is -2.44. The molecule has 0 saturated heterocycles. The second-order valence-corrected chi connectivity index (χ2v) is 11.5. The predicted molar refractivity (Wildman–Crippen MR) is 129 cm³/mol. The molecule has 0 nitrogen and oxygen atoms in total. The molecule has 0 heterocycles. The molecule has 4 radical (unpaired) electrons. The molecule has 3 aliphatic rings. The summed E-state index contributed by atoms with van der Waals surface area (Å²) in [5.41, 5.74) is 3.88. The summed E-state index contributed by atoms with van der Waals surface area (Å²) in [6.45, 7) is 22.7. The first-order chi connectivity index (χ1) is 13.7. The number of fused-ring (bicyclic) bond motifs is 1. The van der Waals surface area contributed by atoms with Crippen molar-refractivity contribution in [3.63, 3.8) is 0 Å². The molecule has 0 N–H and O–H groups in total. The number of allylic oxidation sites excluding steroid dienone is 4. The van der Waals surface area contributed by atoms with E-state index in [0.717, 1.165) is 17.8 Å². The summed E-state index contributed by atoms with van der Waals surface area (Å²) in [6, 6.07) is 0. The molecule has 29 heavy (non-hydrogen) atoms. The molecule has 0 aromatic rings. The van der Waals surface area contributed by atoms with Crippen molar-refractivity contribution in [3.8, 4) is 0 Å². The normalized spacial score (nSPS) is 40.3. The van der Waals surface area contributed by atoms with Gasteiger partial charge in [0.05, 0.1) is 0 Å². The standard InChI is InChI=1S/C29H47.H/c1-20(2)10-8-11-21(3)27-15-16-28-26(12-9-17-29(27,28)7)14-13-25-18-22(4)24(6)23(5)19-25;/h13-14,20-24,27-28H,1,4-5,8-12,15-19H2,2-3,6-7H3;/b25-13?,26-14+;/t20-,21+,22-,23-,24?,27?,28?,29?;/m1./s1. The third-order valence-corrected chi connectivity index (χ3v) is 9.15. The highest BCUT2D eigenvalue weighted by molar-refractivity contribution is 5.26. The Bertz CT molecular complexity index is 585. The zero-order valence-electron chi connectivity index (χ0n) is 20.9. The summed E-state index contributed by atoms with van der Waals surface area (Å²) in [5.74, 6) is 4.91. The topological polar surface area (TPSA) is 0 Å². The first-order valence-electron chi connectivity index (χ1n) is 12.6. The smallest absolute Gasteiger partial charge is 0 e. The van der Waals surface area contributed by atoms with E-state index in [1.807, 2.05) is 0 Å². The molecular weight excluding hydrogens is 348 g/mol. The summed E-state index contributed by atoms with van der Waals surface area (Å²) in [6.07, 6.45) is 18.4. The van der Waals surface area contributed by atoms with Gasteiger partial charge in [-0.3, -0.25) is 0 Å². The van der Waals surface area contributed by atoms with E-state index < -0.39 is 0 Å². The summed E-state index contributed by atoms with van der Waals surface area (Å²) < 4.78 is 0. The molecule has 3 rings (SSSR count). The van der Waals surface area contributed by atoms with Crippen LogP contribution in [-0.4, -0.2) is 0 Å². The largest absolute Gasteiger partial charge is 0.0696 e. The highest BCUT2D eigenvalue weighted by Crippen LogP contribution is 2.60. The average Bonchev–Trinajstić information content (AvgIpc) is 3.01. The summed E-state index contributed by atoms with van der Waals surface area (Å²) in [7, 11) is 0. The van der Waals surface area contributed by atoms with Crippen molar-refractivity contribution in [3.05, 3.63) is 44.1 Å². The molecule has 3 aliphatic carbocycles. The van der Waals surface area contributed by atoms with E-state index in [9.17, 15) is 0 Å². The lowest BCUT2D eigenvalue weighted by Crippen LogP contribution is -2.36. The highest BCUT2D eigenvalue weighted by atomic mass is 14.5. The maximum atomic E-state index is 4.40. The van der Waals surface area contributed by atoms with Gasteiger partial charge in [-0.15, -0.1) is 0 Å². The van der Waals surface area contributed by atoms with Crippen molar-refractivity contribution in [1.29, 1.82) is 0 Å². The van der Waals surface area contributed by atoms with E-state index in [-0.39, 0.29) is 1.43 Å². The van der Waals surface area contributed by atoms with Crippen molar-refractivity contribution < 1.29 is 1.43 Å². The van der Waals surface area contributed by atoms with E-state index in [4.69, 9.17) is 0 Å². The van der Waals surface area contributed by atoms with E-state index in [2.05, 4.69) is 60.6 Å². The Hall–Kier alpha value is -0.520. The first kappa shape index (κ1) is 23.1. The minimum absolute atomic E-state index is 0. The van der Waals surface area contributed by atoms with Crippen LogP contribution in [0.2, 0.25) is 0 Å². The van der Waals surface area contributed by atoms with E-state index >= 15 is 0 Å². The maximum absolute atomic E-state index is 4.40. The van der Waals surface area contributed by atoms with Crippen molar-refractivity contribution in [2.24, 2.45) is 46.8 Å². The van der Waals surface area contributed by atoms with Gasteiger partial charge < -0.3 is 0 Å². The van der Waals surface area contributed by atoms with Crippen LogP contribution in [0.1, 0.15) is 93.3 Å². The molecule has 0 aliphatic heterocycles. The number of hydrogen-bond acceptors (Lipinski definition) is 0. The van der Waals surface area contributed by atoms with Crippen LogP contribution in [0, 0.1) is 67.6 Å². The van der Waals surface area contributed by atoms with Crippen LogP contribution in [0.5, 0.6) is 0 Å². The van der Waals surface area contributed by atoms with E-state index in [0.29, 0.717) is 29.1 Å². The molecule has 3 fully saturated rings. The van der Waals surface area contributed by atoms with Gasteiger partial charge >= 0.3 is 0 Å². The van der Waals surface area contributed by atoms with Crippen LogP contribution >= 0.6 is 0 Å². The van der Waals surface area contributed by atoms with Crippen LogP contribution in [0.4, 0.5) is 0 Å². The molecule has 0 heteroatoms. The second-order valence-electron chi connectivity index (χ2n) is 11.5. The molecule has 164 valence electrons. The third kappa shape index (κ3) is 5.22. The highest BCUT2D eigenvalue weighted by Gasteiger charge is 2.50. The Balaban J connectivity index is 0.00000320. The quantitative estimate of drug-likeness (QED) is 0.421. The van der Waals surface area contributed by atoms with Gasteiger partial charge in [-0.25, -0.2) is 0 Å². The van der Waals surface area contributed by atoms with Gasteiger partial charge in [0, 0.05) is 1.43 Å². The van der Waals surface area contributed by atoms with E-state index in [1.165, 1.54) is 64.2 Å². The van der Waals surface area contributed by atoms with Gasteiger partial charge in [0.1, 0.15) is 0 Å². The minimum atomic E-state index is 0. The van der Waals surface area contributed by atoms with Crippen molar-refractivity contribution >= 4 is 0 Å². The van der Waals surface area contributed by atoms with Gasteiger partial charge in [0.15, 0.2) is 0 Å². The van der Waals surface area contributed by atoms with E-state index in [1.54, 1.807) is 11.1 Å². The zero-order valence-corrected chi connectivity index (χ0v) is 19.9. The second kappa shape index (κ2) is 9.74. The number of hydrogen-bond donors (Lipinski definition) is 0. The van der Waals surface area contributed by atoms with Crippen molar-refractivity contribution in [2.45, 2.75) is 91.9 Å². The molecule has 0 amide bonds. The Labute approximate surface area is 184 Å². The Morgan fingerprint density at radius 3 is 2.45 bits per heavy atom. The fourth-order valence-electron chi connectivity index (χ4n) is 7.08. The predicted octanol–water partition coefficient (Wildman–Crippen LogP) is 8.78. The van der Waals surface area contributed by atoms with Crippen LogP contribution in [0.3, 0.4) is 0 Å². The Morgan fingerprint density at radius 1 is 1.10 bits per heavy atom. The van der Waals surface area contributed by atoms with Crippen LogP contribution in [0.25, 0.3) is 0 Å². The molecule has 0 aromatic carbocycles. The average molecular weight is 397 g/mol. The van der Waals surface area contributed by atoms with Crippen molar-refractivity contribution in [2.75, 3.05) is 0 Å². The molecule has 0 aromatic heterocycles. The monoisotopic (exact) mass is 396 g/mol. The Morgan fingerprint density at radius 2 is 1.79 bits per heavy atom. The fourth-order valence-corrected chi connectivity index (χ4v) is 7.08. The molecule has 3 saturated carbocycles. The SMILES string of the molecule is [CH2][C@H](C)CCC[C@H](C)C1CCC2/C(=C/C=C3C[C@@H]([CH2])C(C)[C@H]([CH2])C3)CCCC21C.[H]. The van der Waals surface area contributed by atoms with Gasteiger partial charge in [-0.1, -0.05) is 77.2 Å². The van der Waals surface area contributed by atoms with Gasteiger partial charge in [-0.2, -0.15) is 0 Å². The minimum Gasteiger partial charge on any atom is -0.0696 e. The number of rotatable bonds is 6. The first-order valence-corrected chi connectivity index (χ1v) is 12.6. The Kier molecular flexibility index (Phi) is 7.77. The van der Waals surface area contributed by atoms with Crippen LogP contribution in [0.15, 0.2) is 23.3 Å². The molecular formula is C29H48. The van der Waals surface area contributed by atoms with Crippen molar-refractivity contribution in [1.82, 2.24) is 0 Å². The zero-order chi connectivity index (χ0) is 21.2.